The van der Waals surface area contributed by atoms with Crippen LogP contribution in [0, 0.1) is 0 Å². The first-order valence-corrected chi connectivity index (χ1v) is 10.9. The van der Waals surface area contributed by atoms with Gasteiger partial charge in [-0.3, -0.25) is 14.1 Å². The molecule has 0 unspecified atom stereocenters. The van der Waals surface area contributed by atoms with Crippen LogP contribution in [0.4, 0.5) is 11.5 Å². The Labute approximate surface area is 185 Å². The standard InChI is InChI=1S/C25H23N7/c1-31-15-19(13-28-31)23-14-27-25-24(29-20-9-10-21-18(12-20)8-5-11-26-21)30-22(16-32(23)25)17-6-3-2-4-7-17/h5-6,8-16H,2-4,7H2,1H3,(H,29,30). The second kappa shape index (κ2) is 7.60. The van der Waals surface area contributed by atoms with E-state index in [-0.39, 0.29) is 0 Å². The molecule has 0 radical (unpaired) electrons. The molecule has 4 heterocycles. The molecule has 1 aromatic carbocycles. The predicted octanol–water partition coefficient (Wildman–Crippen LogP) is 5.38. The largest absolute Gasteiger partial charge is 0.337 e. The van der Waals surface area contributed by atoms with Crippen molar-refractivity contribution in [3.8, 4) is 11.3 Å². The van der Waals surface area contributed by atoms with Gasteiger partial charge in [0.05, 0.1) is 29.3 Å². The van der Waals surface area contributed by atoms with Crippen LogP contribution < -0.4 is 5.32 Å². The van der Waals surface area contributed by atoms with Gasteiger partial charge in [0, 0.05) is 42.3 Å². The van der Waals surface area contributed by atoms with Crippen LogP contribution in [0.25, 0.3) is 33.4 Å². The first-order valence-electron chi connectivity index (χ1n) is 10.9. The lowest BCUT2D eigenvalue weighted by atomic mass is 9.97. The highest BCUT2D eigenvalue weighted by Crippen LogP contribution is 2.31. The third-order valence-electron chi connectivity index (χ3n) is 5.98. The van der Waals surface area contributed by atoms with Gasteiger partial charge in [-0.15, -0.1) is 0 Å². The number of benzene rings is 1. The Morgan fingerprint density at radius 2 is 2.00 bits per heavy atom. The van der Waals surface area contributed by atoms with Crippen LogP contribution in [-0.2, 0) is 7.05 Å². The Hall–Kier alpha value is -4.00. The quantitative estimate of drug-likeness (QED) is 0.422. The van der Waals surface area contributed by atoms with E-state index in [1.807, 2.05) is 54.7 Å². The van der Waals surface area contributed by atoms with Crippen molar-refractivity contribution >= 4 is 33.6 Å². The number of pyridine rings is 1. The number of aryl methyl sites for hydroxylation is 1. The molecule has 32 heavy (non-hydrogen) atoms. The lowest BCUT2D eigenvalue weighted by molar-refractivity contribution is 0.739. The summed E-state index contributed by atoms with van der Waals surface area (Å²) < 4.78 is 3.93. The molecule has 7 nitrogen and oxygen atoms in total. The Kier molecular flexibility index (Phi) is 4.45. The van der Waals surface area contributed by atoms with Gasteiger partial charge in [0.25, 0.3) is 0 Å². The molecule has 1 aliphatic carbocycles. The molecule has 6 rings (SSSR count). The van der Waals surface area contributed by atoms with Crippen LogP contribution in [0.1, 0.15) is 31.4 Å². The highest BCUT2D eigenvalue weighted by molar-refractivity contribution is 5.84. The van der Waals surface area contributed by atoms with Gasteiger partial charge in [-0.25, -0.2) is 9.97 Å². The summed E-state index contributed by atoms with van der Waals surface area (Å²) in [6.07, 6.45) is 16.6. The summed E-state index contributed by atoms with van der Waals surface area (Å²) in [7, 11) is 1.92. The lowest BCUT2D eigenvalue weighted by Crippen LogP contribution is -2.04. The molecule has 0 saturated heterocycles. The normalized spacial score (nSPS) is 14.1. The third kappa shape index (κ3) is 3.32. The second-order valence-electron chi connectivity index (χ2n) is 8.23. The number of nitrogens with one attached hydrogen (secondary N) is 1. The molecule has 0 aliphatic heterocycles. The molecule has 0 atom stereocenters. The van der Waals surface area contributed by atoms with Gasteiger partial charge in [-0.2, -0.15) is 5.10 Å². The van der Waals surface area contributed by atoms with E-state index in [0.717, 1.165) is 57.8 Å². The topological polar surface area (TPSA) is 72.9 Å². The van der Waals surface area contributed by atoms with Crippen molar-refractivity contribution in [2.45, 2.75) is 25.7 Å². The van der Waals surface area contributed by atoms with Crippen LogP contribution in [0.15, 0.2) is 67.4 Å². The molecule has 4 aromatic heterocycles. The SMILES string of the molecule is Cn1cc(-c2cnc3c(Nc4ccc5ncccc5c4)nc(C4=CCCCC4)cn23)cn1. The number of imidazole rings is 1. The second-order valence-corrected chi connectivity index (χ2v) is 8.23. The van der Waals surface area contributed by atoms with E-state index in [1.165, 1.54) is 18.4 Å². The minimum atomic E-state index is 0.743. The summed E-state index contributed by atoms with van der Waals surface area (Å²) in [5.41, 5.74) is 7.03. The molecule has 0 bridgehead atoms. The van der Waals surface area contributed by atoms with E-state index >= 15 is 0 Å². The van der Waals surface area contributed by atoms with Crippen LogP contribution in [0.5, 0.6) is 0 Å². The minimum Gasteiger partial charge on any atom is -0.337 e. The average Bonchev–Trinajstić information content (AvgIpc) is 3.45. The van der Waals surface area contributed by atoms with E-state index in [2.05, 4.69) is 44.2 Å². The number of hydrogen-bond donors (Lipinski definition) is 1. The number of anilines is 2. The van der Waals surface area contributed by atoms with E-state index in [4.69, 9.17) is 9.97 Å². The molecule has 1 N–H and O–H groups in total. The van der Waals surface area contributed by atoms with Crippen molar-refractivity contribution in [3.05, 3.63) is 73.1 Å². The van der Waals surface area contributed by atoms with Gasteiger partial charge in [-0.1, -0.05) is 12.1 Å². The molecule has 5 aromatic rings. The van der Waals surface area contributed by atoms with E-state index in [0.29, 0.717) is 0 Å². The van der Waals surface area contributed by atoms with Gasteiger partial charge >= 0.3 is 0 Å². The lowest BCUT2D eigenvalue weighted by Gasteiger charge is -2.15. The van der Waals surface area contributed by atoms with Crippen molar-refractivity contribution in [1.82, 2.24) is 29.1 Å². The van der Waals surface area contributed by atoms with Crippen LogP contribution >= 0.6 is 0 Å². The first kappa shape index (κ1) is 18.7. The smallest absolute Gasteiger partial charge is 0.180 e. The van der Waals surface area contributed by atoms with Crippen LogP contribution in [0.3, 0.4) is 0 Å². The van der Waals surface area contributed by atoms with Crippen LogP contribution in [0.2, 0.25) is 0 Å². The minimum absolute atomic E-state index is 0.743. The van der Waals surface area contributed by atoms with Crippen molar-refractivity contribution in [1.29, 1.82) is 0 Å². The van der Waals surface area contributed by atoms with Crippen molar-refractivity contribution in [3.63, 3.8) is 0 Å². The van der Waals surface area contributed by atoms with Gasteiger partial charge in [0.15, 0.2) is 11.5 Å². The third-order valence-corrected chi connectivity index (χ3v) is 5.98. The van der Waals surface area contributed by atoms with Crippen molar-refractivity contribution < 1.29 is 0 Å². The summed E-state index contributed by atoms with van der Waals surface area (Å²) in [5.74, 6) is 0.743. The number of allylic oxidation sites excluding steroid dienone is 2. The number of hydrogen-bond acceptors (Lipinski definition) is 5. The van der Waals surface area contributed by atoms with E-state index in [9.17, 15) is 0 Å². The summed E-state index contributed by atoms with van der Waals surface area (Å²) in [4.78, 5) is 14.1. The van der Waals surface area contributed by atoms with Crippen molar-refractivity contribution in [2.75, 3.05) is 5.32 Å². The van der Waals surface area contributed by atoms with Gasteiger partial charge < -0.3 is 5.32 Å². The first-order chi connectivity index (χ1) is 15.7. The number of aromatic nitrogens is 6. The predicted molar refractivity (Wildman–Crippen MR) is 127 cm³/mol. The van der Waals surface area contributed by atoms with Gasteiger partial charge in [0.2, 0.25) is 0 Å². The maximum absolute atomic E-state index is 5.01. The summed E-state index contributed by atoms with van der Waals surface area (Å²) >= 11 is 0. The molecule has 0 amide bonds. The number of fused-ring (bicyclic) bond motifs is 2. The summed E-state index contributed by atoms with van der Waals surface area (Å²) in [6.45, 7) is 0. The maximum Gasteiger partial charge on any atom is 0.180 e. The zero-order valence-electron chi connectivity index (χ0n) is 17.9. The molecule has 158 valence electrons. The molecule has 7 heteroatoms. The highest BCUT2D eigenvalue weighted by atomic mass is 15.2. The van der Waals surface area contributed by atoms with Crippen molar-refractivity contribution in [2.24, 2.45) is 7.05 Å². The molecule has 0 fully saturated rings. The van der Waals surface area contributed by atoms with Gasteiger partial charge in [0.1, 0.15) is 0 Å². The maximum atomic E-state index is 5.01. The Morgan fingerprint density at radius 3 is 2.84 bits per heavy atom. The number of nitrogens with zero attached hydrogens (tertiary/aromatic N) is 6. The molecule has 0 saturated carbocycles. The van der Waals surface area contributed by atoms with E-state index in [1.54, 1.807) is 0 Å². The molecular formula is C25H23N7. The molecular weight excluding hydrogens is 398 g/mol. The fourth-order valence-electron chi connectivity index (χ4n) is 4.35. The molecule has 0 spiro atoms. The fourth-order valence-corrected chi connectivity index (χ4v) is 4.35. The van der Waals surface area contributed by atoms with Gasteiger partial charge in [-0.05, 0) is 55.5 Å². The fraction of sp³-hybridized carbons (Fsp3) is 0.200. The molecule has 1 aliphatic rings. The monoisotopic (exact) mass is 421 g/mol. The zero-order valence-corrected chi connectivity index (χ0v) is 17.9. The Balaban J connectivity index is 1.50. The zero-order chi connectivity index (χ0) is 21.5. The van der Waals surface area contributed by atoms with Crippen LogP contribution in [-0.4, -0.2) is 29.1 Å². The Bertz CT molecular complexity index is 1470. The highest BCUT2D eigenvalue weighted by Gasteiger charge is 2.17. The number of rotatable bonds is 4. The average molecular weight is 422 g/mol. The van der Waals surface area contributed by atoms with E-state index < -0.39 is 0 Å². The Morgan fingerprint density at radius 1 is 1.03 bits per heavy atom. The summed E-state index contributed by atoms with van der Waals surface area (Å²) in [6, 6.07) is 10.2. The summed E-state index contributed by atoms with van der Waals surface area (Å²) in [5, 5.41) is 8.94.